The summed E-state index contributed by atoms with van der Waals surface area (Å²) in [7, 11) is 2.00. The van der Waals surface area contributed by atoms with Crippen LogP contribution in [0.2, 0.25) is 0 Å². The fourth-order valence-electron chi connectivity index (χ4n) is 2.78. The molecule has 0 aliphatic carbocycles. The highest BCUT2D eigenvalue weighted by molar-refractivity contribution is 9.10. The van der Waals surface area contributed by atoms with Gasteiger partial charge in [-0.1, -0.05) is 0 Å². The van der Waals surface area contributed by atoms with E-state index >= 15 is 0 Å². The Kier molecular flexibility index (Phi) is 4.81. The maximum absolute atomic E-state index is 9.05. The number of hydrogen-bond donors (Lipinski definition) is 1. The van der Waals surface area contributed by atoms with Gasteiger partial charge in [-0.05, 0) is 54.6 Å². The van der Waals surface area contributed by atoms with Crippen molar-refractivity contribution in [2.75, 3.05) is 19.7 Å². The summed E-state index contributed by atoms with van der Waals surface area (Å²) in [6, 6.07) is 0. The maximum Gasteiger partial charge on any atom is 0.0739 e. The molecule has 1 atom stereocenters. The summed E-state index contributed by atoms with van der Waals surface area (Å²) in [6.45, 7) is 5.53. The van der Waals surface area contributed by atoms with E-state index in [1.54, 1.807) is 0 Å². The Morgan fingerprint density at radius 3 is 2.89 bits per heavy atom. The third-order valence-corrected chi connectivity index (χ3v) is 4.81. The van der Waals surface area contributed by atoms with Crippen molar-refractivity contribution in [3.8, 4) is 0 Å². The molecule has 2 rings (SSSR count). The highest BCUT2D eigenvalue weighted by atomic mass is 79.9. The average Bonchev–Trinajstić information content (AvgIpc) is 2.57. The first kappa shape index (κ1) is 14.0. The average molecular weight is 316 g/mol. The molecule has 102 valence electrons. The number of piperidine rings is 1. The van der Waals surface area contributed by atoms with E-state index in [9.17, 15) is 0 Å². The lowest BCUT2D eigenvalue weighted by Crippen LogP contribution is -2.35. The van der Waals surface area contributed by atoms with Crippen molar-refractivity contribution in [3.63, 3.8) is 0 Å². The SMILES string of the molecule is Cc1nn(C)c(CN2CCCC(CCO)C2)c1Br. The Morgan fingerprint density at radius 1 is 1.50 bits per heavy atom. The van der Waals surface area contributed by atoms with Crippen LogP contribution in [0.3, 0.4) is 0 Å². The van der Waals surface area contributed by atoms with Crippen LogP contribution in [0.1, 0.15) is 30.7 Å². The van der Waals surface area contributed by atoms with Gasteiger partial charge < -0.3 is 5.11 Å². The van der Waals surface area contributed by atoms with Crippen LogP contribution in [-0.4, -0.2) is 39.5 Å². The van der Waals surface area contributed by atoms with Gasteiger partial charge in [-0.15, -0.1) is 0 Å². The largest absolute Gasteiger partial charge is 0.396 e. The summed E-state index contributed by atoms with van der Waals surface area (Å²) in [4.78, 5) is 2.48. The topological polar surface area (TPSA) is 41.3 Å². The first-order chi connectivity index (χ1) is 8.61. The lowest BCUT2D eigenvalue weighted by Gasteiger charge is -2.32. The van der Waals surface area contributed by atoms with Gasteiger partial charge >= 0.3 is 0 Å². The monoisotopic (exact) mass is 315 g/mol. The lowest BCUT2D eigenvalue weighted by molar-refractivity contribution is 0.140. The molecule has 18 heavy (non-hydrogen) atoms. The van der Waals surface area contributed by atoms with Gasteiger partial charge in [0.25, 0.3) is 0 Å². The lowest BCUT2D eigenvalue weighted by atomic mass is 9.95. The van der Waals surface area contributed by atoms with Crippen molar-refractivity contribution in [1.29, 1.82) is 0 Å². The molecule has 1 unspecified atom stereocenters. The summed E-state index contributed by atoms with van der Waals surface area (Å²) >= 11 is 3.62. The highest BCUT2D eigenvalue weighted by Crippen LogP contribution is 2.25. The molecule has 1 aliphatic rings. The molecule has 0 spiro atoms. The molecule has 1 fully saturated rings. The van der Waals surface area contributed by atoms with Crippen molar-refractivity contribution in [1.82, 2.24) is 14.7 Å². The number of aromatic nitrogens is 2. The van der Waals surface area contributed by atoms with Crippen LogP contribution < -0.4 is 0 Å². The maximum atomic E-state index is 9.05. The van der Waals surface area contributed by atoms with Crippen molar-refractivity contribution >= 4 is 15.9 Å². The number of likely N-dealkylation sites (tertiary alicyclic amines) is 1. The van der Waals surface area contributed by atoms with Crippen LogP contribution in [0.15, 0.2) is 4.47 Å². The summed E-state index contributed by atoms with van der Waals surface area (Å²) in [5, 5.41) is 13.5. The van der Waals surface area contributed by atoms with E-state index in [-0.39, 0.29) is 0 Å². The predicted molar refractivity (Wildman–Crippen MR) is 75.3 cm³/mol. The minimum Gasteiger partial charge on any atom is -0.396 e. The summed E-state index contributed by atoms with van der Waals surface area (Å²) in [5.41, 5.74) is 2.30. The van der Waals surface area contributed by atoms with E-state index in [0.717, 1.165) is 36.2 Å². The third-order valence-electron chi connectivity index (χ3n) is 3.78. The Morgan fingerprint density at radius 2 is 2.28 bits per heavy atom. The highest BCUT2D eigenvalue weighted by Gasteiger charge is 2.21. The molecule has 2 heterocycles. The number of aliphatic hydroxyl groups is 1. The Balaban J connectivity index is 2.00. The number of rotatable bonds is 4. The molecule has 0 radical (unpaired) electrons. The van der Waals surface area contributed by atoms with E-state index in [4.69, 9.17) is 5.11 Å². The molecular formula is C13H22BrN3O. The van der Waals surface area contributed by atoms with Crippen molar-refractivity contribution in [2.45, 2.75) is 32.7 Å². The fourth-order valence-corrected chi connectivity index (χ4v) is 3.24. The van der Waals surface area contributed by atoms with Gasteiger partial charge in [0.15, 0.2) is 0 Å². The van der Waals surface area contributed by atoms with Crippen LogP contribution in [0.4, 0.5) is 0 Å². The number of aliphatic hydroxyl groups excluding tert-OH is 1. The molecule has 1 aliphatic heterocycles. The van der Waals surface area contributed by atoms with E-state index in [2.05, 4.69) is 25.9 Å². The number of nitrogens with zero attached hydrogens (tertiary/aromatic N) is 3. The standard InChI is InChI=1S/C13H22BrN3O/c1-10-13(14)12(16(2)15-10)9-17-6-3-4-11(8-17)5-7-18/h11,18H,3-9H2,1-2H3. The zero-order valence-electron chi connectivity index (χ0n) is 11.2. The molecule has 0 bridgehead atoms. The number of halogens is 1. The molecule has 5 heteroatoms. The second-order valence-corrected chi connectivity index (χ2v) is 6.02. The molecule has 1 N–H and O–H groups in total. The molecule has 0 amide bonds. The zero-order chi connectivity index (χ0) is 13.1. The minimum absolute atomic E-state index is 0.313. The Bertz CT molecular complexity index is 403. The fraction of sp³-hybridized carbons (Fsp3) is 0.769. The van der Waals surface area contributed by atoms with E-state index in [1.165, 1.54) is 18.5 Å². The molecule has 1 saturated heterocycles. The molecule has 1 aromatic rings. The molecule has 1 aromatic heterocycles. The number of aryl methyl sites for hydroxylation is 2. The normalized spacial score (nSPS) is 21.4. The second-order valence-electron chi connectivity index (χ2n) is 5.23. The molecule has 0 aromatic carbocycles. The van der Waals surface area contributed by atoms with Gasteiger partial charge in [0.1, 0.15) is 0 Å². The van der Waals surface area contributed by atoms with Gasteiger partial charge in [0, 0.05) is 26.7 Å². The van der Waals surface area contributed by atoms with E-state index < -0.39 is 0 Å². The van der Waals surface area contributed by atoms with Crippen LogP contribution in [0.5, 0.6) is 0 Å². The predicted octanol–water partition coefficient (Wildman–Crippen LogP) is 2.09. The summed E-state index contributed by atoms with van der Waals surface area (Å²) < 4.78 is 3.10. The molecular weight excluding hydrogens is 294 g/mol. The van der Waals surface area contributed by atoms with Gasteiger partial charge in [0.05, 0.1) is 15.9 Å². The second kappa shape index (κ2) is 6.17. The Labute approximate surface area is 117 Å². The first-order valence-electron chi connectivity index (χ1n) is 6.63. The Hall–Kier alpha value is -0.390. The summed E-state index contributed by atoms with van der Waals surface area (Å²) in [6.07, 6.45) is 3.42. The minimum atomic E-state index is 0.313. The van der Waals surface area contributed by atoms with E-state index in [0.29, 0.717) is 12.5 Å². The van der Waals surface area contributed by atoms with Crippen LogP contribution in [0.25, 0.3) is 0 Å². The van der Waals surface area contributed by atoms with Gasteiger partial charge in [-0.2, -0.15) is 5.10 Å². The third kappa shape index (κ3) is 3.13. The molecule has 4 nitrogen and oxygen atoms in total. The van der Waals surface area contributed by atoms with Crippen LogP contribution in [0, 0.1) is 12.8 Å². The molecule has 0 saturated carbocycles. The van der Waals surface area contributed by atoms with Crippen molar-refractivity contribution in [2.24, 2.45) is 13.0 Å². The van der Waals surface area contributed by atoms with Crippen molar-refractivity contribution < 1.29 is 5.11 Å². The summed E-state index contributed by atoms with van der Waals surface area (Å²) in [5.74, 6) is 0.650. The van der Waals surface area contributed by atoms with Crippen molar-refractivity contribution in [3.05, 3.63) is 15.9 Å². The number of hydrogen-bond acceptors (Lipinski definition) is 3. The zero-order valence-corrected chi connectivity index (χ0v) is 12.8. The van der Waals surface area contributed by atoms with Gasteiger partial charge in [-0.3, -0.25) is 9.58 Å². The smallest absolute Gasteiger partial charge is 0.0739 e. The quantitative estimate of drug-likeness (QED) is 0.925. The first-order valence-corrected chi connectivity index (χ1v) is 7.42. The van der Waals surface area contributed by atoms with E-state index in [1.807, 2.05) is 18.7 Å². The van der Waals surface area contributed by atoms with Gasteiger partial charge in [0.2, 0.25) is 0 Å². The van der Waals surface area contributed by atoms with Gasteiger partial charge in [-0.25, -0.2) is 0 Å². The van der Waals surface area contributed by atoms with Crippen LogP contribution >= 0.6 is 15.9 Å². The van der Waals surface area contributed by atoms with Crippen LogP contribution in [-0.2, 0) is 13.6 Å².